The van der Waals surface area contributed by atoms with E-state index in [1.54, 1.807) is 0 Å². The second-order valence-corrected chi connectivity index (χ2v) is 11.6. The zero-order chi connectivity index (χ0) is 32.1. The van der Waals surface area contributed by atoms with Crippen molar-refractivity contribution in [2.45, 2.75) is 84.6 Å². The monoisotopic (exact) mass is 650 g/mol. The summed E-state index contributed by atoms with van der Waals surface area (Å²) in [5.41, 5.74) is -1.36. The smallest absolute Gasteiger partial charge is 0.330 e. The largest absolute Gasteiger partial charge is 0.463 e. The van der Waals surface area contributed by atoms with Gasteiger partial charge in [0, 0.05) is 45.3 Å². The topological polar surface area (TPSA) is 175 Å². The van der Waals surface area contributed by atoms with Gasteiger partial charge in [0.1, 0.15) is 31.5 Å². The van der Waals surface area contributed by atoms with Gasteiger partial charge in [0.15, 0.2) is 6.23 Å². The van der Waals surface area contributed by atoms with Crippen LogP contribution in [0.5, 0.6) is 0 Å². The molecule has 0 amide bonds. The highest BCUT2D eigenvalue weighted by Crippen LogP contribution is 2.49. The number of nitrogens with one attached hydrogen (secondary N) is 1. The van der Waals surface area contributed by atoms with E-state index in [2.05, 4.69) is 15.5 Å². The number of carbonyl (C=O) groups is 2. The van der Waals surface area contributed by atoms with Gasteiger partial charge in [0.2, 0.25) is 10.5 Å². The first-order valence-corrected chi connectivity index (χ1v) is 15.1. The van der Waals surface area contributed by atoms with E-state index in [0.717, 1.165) is 10.6 Å². The first kappa shape index (κ1) is 37.1. The molecule has 1 N–H and O–H groups in total. The molecule has 0 saturated carbocycles. The molecule has 0 spiro atoms. The highest BCUT2D eigenvalue weighted by Gasteiger charge is 2.51. The van der Waals surface area contributed by atoms with Crippen LogP contribution in [-0.4, -0.2) is 114 Å². The molecule has 1 saturated heterocycles. The van der Waals surface area contributed by atoms with Crippen molar-refractivity contribution < 1.29 is 51.5 Å². The summed E-state index contributed by atoms with van der Waals surface area (Å²) < 4.78 is 54.4. The predicted molar refractivity (Wildman–Crippen MR) is 152 cm³/mol. The first-order valence-electron chi connectivity index (χ1n) is 13.6. The molecular weight excluding hydrogens is 609 g/mol. The fourth-order valence-electron chi connectivity index (χ4n) is 4.23. The molecule has 2 heterocycles. The van der Waals surface area contributed by atoms with Crippen LogP contribution in [0.1, 0.15) is 47.8 Å². The van der Waals surface area contributed by atoms with E-state index in [4.69, 9.17) is 41.9 Å². The van der Waals surface area contributed by atoms with Crippen molar-refractivity contribution in [3.8, 4) is 0 Å². The summed E-state index contributed by atoms with van der Waals surface area (Å²) in [6, 6.07) is 1.24. The van der Waals surface area contributed by atoms with Gasteiger partial charge in [0.05, 0.1) is 19.8 Å². The van der Waals surface area contributed by atoms with E-state index in [0.29, 0.717) is 0 Å². The minimum atomic E-state index is -1.68. The molecule has 243 valence electrons. The third-order valence-electron chi connectivity index (χ3n) is 5.83. The van der Waals surface area contributed by atoms with E-state index >= 15 is 0 Å². The molecule has 1 aromatic rings. The summed E-state index contributed by atoms with van der Waals surface area (Å²) in [5.74, 6) is -1.01. The maximum absolute atomic E-state index is 12.8. The molecule has 0 aliphatic carbocycles. The standard InChI is InChI=1S/C25H41N3O13PSi/c1-15(2)28(16(3)4)42(33-7)41-21-19(14-38-43)39-23(27-9-8-20(31)26-24(27)32)22(21)40-25(36-12-10-34-17(5)29)37-13-11-35-18(6)30/h8-9,15-16,19,21-23,25H,10-14H2,1-7H3,(H,26,31,32)/t19-,21-,22-,23-,42?/m1/s1. The number of hydrogen-bond acceptors (Lipinski definition) is 14. The maximum Gasteiger partial charge on any atom is 0.330 e. The molecule has 2 rings (SSSR count). The lowest BCUT2D eigenvalue weighted by Crippen LogP contribution is -2.44. The number of carbonyl (C=O) groups excluding carboxylic acids is 2. The average Bonchev–Trinajstić information content (AvgIpc) is 3.23. The maximum atomic E-state index is 12.8. The molecule has 1 aromatic heterocycles. The number of ether oxygens (including phenoxy) is 6. The van der Waals surface area contributed by atoms with Crippen molar-refractivity contribution in [2.75, 3.05) is 40.1 Å². The third kappa shape index (κ3) is 11.8. The Kier molecular flexibility index (Phi) is 16.1. The van der Waals surface area contributed by atoms with Crippen LogP contribution in [-0.2, 0) is 51.5 Å². The van der Waals surface area contributed by atoms with Crippen molar-refractivity contribution in [3.63, 3.8) is 0 Å². The number of esters is 2. The molecule has 5 atom stereocenters. The summed E-state index contributed by atoms with van der Waals surface area (Å²) in [6.07, 6.45) is -2.73. The molecular formula is C25H41N3O13PSi. The first-order chi connectivity index (χ1) is 20.4. The minimum Gasteiger partial charge on any atom is -0.463 e. The number of nitrogens with zero attached hydrogens (tertiary/aromatic N) is 2. The lowest BCUT2D eigenvalue weighted by atomic mass is 10.1. The van der Waals surface area contributed by atoms with Crippen LogP contribution in [0, 0.1) is 0 Å². The van der Waals surface area contributed by atoms with E-state index in [-0.39, 0.29) is 45.1 Å². The number of rotatable bonds is 19. The molecule has 18 heteroatoms. The Hall–Kier alpha value is -2.05. The summed E-state index contributed by atoms with van der Waals surface area (Å²) in [6.45, 7) is 8.64. The van der Waals surface area contributed by atoms with Gasteiger partial charge in [-0.05, 0) is 27.7 Å². The van der Waals surface area contributed by atoms with Crippen LogP contribution in [0.25, 0.3) is 0 Å². The van der Waals surface area contributed by atoms with Gasteiger partial charge in [-0.25, -0.2) is 9.46 Å². The summed E-state index contributed by atoms with van der Waals surface area (Å²) in [5, 5.41) is 0. The Balaban J connectivity index is 2.49. The van der Waals surface area contributed by atoms with Crippen molar-refractivity contribution >= 4 is 31.0 Å². The fourth-order valence-corrected chi connectivity index (χ4v) is 6.00. The normalized spacial score (nSPS) is 21.2. The fraction of sp³-hybridized carbons (Fsp3) is 0.760. The Bertz CT molecular complexity index is 1090. The van der Waals surface area contributed by atoms with Crippen LogP contribution in [0.3, 0.4) is 0 Å². The second-order valence-electron chi connectivity index (χ2n) is 9.76. The quantitative estimate of drug-likeness (QED) is 0.0730. The van der Waals surface area contributed by atoms with Gasteiger partial charge in [-0.15, -0.1) is 0 Å². The molecule has 1 unspecified atom stereocenters. The van der Waals surface area contributed by atoms with E-state index in [1.165, 1.54) is 27.2 Å². The second kappa shape index (κ2) is 18.7. The van der Waals surface area contributed by atoms with Crippen LogP contribution >= 0.6 is 8.53 Å². The SMILES string of the molecule is COP(O[C@H]1[C@@H](OC(OCCOC(C)=O)OCCOC(C)=O)[C@H](n2ccc(=O)[nH]c2=O)O[C@@H]1CO[Si])N(C(C)C)C(C)C. The van der Waals surface area contributed by atoms with Crippen LogP contribution in [0.2, 0.25) is 0 Å². The van der Waals surface area contributed by atoms with E-state index < -0.39 is 62.7 Å². The van der Waals surface area contributed by atoms with Crippen LogP contribution < -0.4 is 11.2 Å². The van der Waals surface area contributed by atoms with Crippen LogP contribution in [0.15, 0.2) is 21.9 Å². The Morgan fingerprint density at radius 1 is 1.02 bits per heavy atom. The van der Waals surface area contributed by atoms with Crippen LogP contribution in [0.4, 0.5) is 0 Å². The molecule has 1 aliphatic heterocycles. The number of aromatic amines is 1. The summed E-state index contributed by atoms with van der Waals surface area (Å²) in [7, 11) is 2.86. The molecule has 1 fully saturated rings. The highest BCUT2D eigenvalue weighted by molar-refractivity contribution is 7.44. The van der Waals surface area contributed by atoms with Crippen molar-refractivity contribution in [3.05, 3.63) is 33.1 Å². The molecule has 0 aromatic carbocycles. The van der Waals surface area contributed by atoms with Gasteiger partial charge >= 0.3 is 17.6 Å². The molecule has 16 nitrogen and oxygen atoms in total. The van der Waals surface area contributed by atoms with Crippen molar-refractivity contribution in [1.82, 2.24) is 14.2 Å². The predicted octanol–water partition coefficient (Wildman–Crippen LogP) is 0.740. The van der Waals surface area contributed by atoms with Gasteiger partial charge in [-0.3, -0.25) is 23.9 Å². The summed E-state index contributed by atoms with van der Waals surface area (Å²) >= 11 is 0. The number of H-pyrrole nitrogens is 1. The number of hydrogen-bond donors (Lipinski definition) is 1. The zero-order valence-corrected chi connectivity index (χ0v) is 27.3. The Labute approximate surface area is 254 Å². The Morgan fingerprint density at radius 3 is 2.07 bits per heavy atom. The highest BCUT2D eigenvalue weighted by atomic mass is 31.2. The molecule has 1 aliphatic rings. The number of aromatic nitrogens is 2. The van der Waals surface area contributed by atoms with E-state index in [9.17, 15) is 19.2 Å². The van der Waals surface area contributed by atoms with Crippen molar-refractivity contribution in [1.29, 1.82) is 0 Å². The summed E-state index contributed by atoms with van der Waals surface area (Å²) in [4.78, 5) is 49.3. The molecule has 43 heavy (non-hydrogen) atoms. The minimum absolute atomic E-state index is 0.0302. The third-order valence-corrected chi connectivity index (χ3v) is 8.03. The Morgan fingerprint density at radius 2 is 1.60 bits per heavy atom. The average molecular weight is 651 g/mol. The van der Waals surface area contributed by atoms with E-state index in [1.807, 2.05) is 32.4 Å². The van der Waals surface area contributed by atoms with Crippen molar-refractivity contribution in [2.24, 2.45) is 0 Å². The lowest BCUT2D eigenvalue weighted by molar-refractivity contribution is -0.320. The van der Waals surface area contributed by atoms with Gasteiger partial charge in [-0.1, -0.05) is 0 Å². The molecule has 3 radical (unpaired) electrons. The van der Waals surface area contributed by atoms with Gasteiger partial charge in [-0.2, -0.15) is 0 Å². The van der Waals surface area contributed by atoms with Gasteiger partial charge < -0.3 is 41.9 Å². The zero-order valence-electron chi connectivity index (χ0n) is 25.4. The molecule has 0 bridgehead atoms. The van der Waals surface area contributed by atoms with Gasteiger partial charge in [0.25, 0.3) is 20.6 Å². The lowest BCUT2D eigenvalue weighted by Gasteiger charge is -2.38.